The Kier molecular flexibility index (Phi) is 2.16. The lowest BCUT2D eigenvalue weighted by atomic mass is 10.3. The smallest absolute Gasteiger partial charge is 0.354 e. The highest BCUT2D eigenvalue weighted by atomic mass is 16.4. The molecule has 3 aromatic heterocycles. The van der Waals surface area contributed by atoms with Crippen LogP contribution in [-0.4, -0.2) is 30.0 Å². The molecule has 1 N–H and O–H groups in total. The number of aromatic nitrogens is 4. The number of aryl methyl sites for hydroxylation is 1. The molecule has 0 saturated carbocycles. The first-order valence-corrected chi connectivity index (χ1v) is 5.36. The molecule has 0 bridgehead atoms. The van der Waals surface area contributed by atoms with Gasteiger partial charge in [0.15, 0.2) is 0 Å². The van der Waals surface area contributed by atoms with Crippen molar-refractivity contribution in [3.8, 4) is 11.4 Å². The molecule has 0 saturated heterocycles. The number of rotatable bonds is 2. The zero-order chi connectivity index (χ0) is 12.7. The molecular formula is C12H10N4O2. The normalized spacial score (nSPS) is 10.9. The summed E-state index contributed by atoms with van der Waals surface area (Å²) in [5, 5.41) is 9.00. The fourth-order valence-corrected chi connectivity index (χ4v) is 1.89. The Labute approximate surface area is 102 Å². The van der Waals surface area contributed by atoms with Crippen molar-refractivity contribution >= 4 is 11.7 Å². The minimum absolute atomic E-state index is 0.199. The Morgan fingerprint density at radius 1 is 1.28 bits per heavy atom. The van der Waals surface area contributed by atoms with E-state index in [9.17, 15) is 4.79 Å². The molecule has 3 rings (SSSR count). The van der Waals surface area contributed by atoms with Gasteiger partial charge in [-0.05, 0) is 12.1 Å². The van der Waals surface area contributed by atoms with Gasteiger partial charge < -0.3 is 9.67 Å². The number of carbonyl (C=O) groups is 1. The molecular weight excluding hydrogens is 232 g/mol. The largest absolute Gasteiger partial charge is 0.477 e. The van der Waals surface area contributed by atoms with Gasteiger partial charge in [0.05, 0.1) is 5.69 Å². The minimum Gasteiger partial charge on any atom is -0.477 e. The highest BCUT2D eigenvalue weighted by Crippen LogP contribution is 2.18. The molecule has 6 nitrogen and oxygen atoms in total. The molecule has 0 spiro atoms. The number of carboxylic acids is 1. The van der Waals surface area contributed by atoms with Crippen molar-refractivity contribution in [2.45, 2.75) is 0 Å². The molecule has 0 fully saturated rings. The first kappa shape index (κ1) is 10.5. The number of nitrogens with zero attached hydrogens (tertiary/aromatic N) is 4. The molecule has 0 aliphatic heterocycles. The SMILES string of the molecule is Cn1c(C(=O)O)cn2cc(-c3ccccn3)nc12. The Morgan fingerprint density at radius 3 is 2.72 bits per heavy atom. The van der Waals surface area contributed by atoms with Crippen molar-refractivity contribution in [2.24, 2.45) is 7.05 Å². The Balaban J connectivity index is 2.17. The van der Waals surface area contributed by atoms with E-state index < -0.39 is 5.97 Å². The molecule has 0 aliphatic carbocycles. The van der Waals surface area contributed by atoms with E-state index in [1.165, 1.54) is 10.8 Å². The second kappa shape index (κ2) is 3.69. The van der Waals surface area contributed by atoms with E-state index in [1.54, 1.807) is 23.8 Å². The quantitative estimate of drug-likeness (QED) is 0.737. The second-order valence-electron chi connectivity index (χ2n) is 3.93. The fraction of sp³-hybridized carbons (Fsp3) is 0.0833. The van der Waals surface area contributed by atoms with Crippen LogP contribution in [0.4, 0.5) is 0 Å². The van der Waals surface area contributed by atoms with Gasteiger partial charge in [0.2, 0.25) is 5.78 Å². The van der Waals surface area contributed by atoms with E-state index >= 15 is 0 Å². The fourth-order valence-electron chi connectivity index (χ4n) is 1.89. The van der Waals surface area contributed by atoms with Crippen molar-refractivity contribution < 1.29 is 9.90 Å². The predicted octanol–water partition coefficient (Wildman–Crippen LogP) is 1.43. The van der Waals surface area contributed by atoms with Gasteiger partial charge in [-0.25, -0.2) is 9.78 Å². The standard InChI is InChI=1S/C12H10N4O2/c1-15-10(11(17)18)7-16-6-9(14-12(15)16)8-4-2-3-5-13-8/h2-7H,1H3,(H,17,18). The van der Waals surface area contributed by atoms with Crippen LogP contribution in [-0.2, 0) is 7.05 Å². The number of hydrogen-bond acceptors (Lipinski definition) is 3. The number of aromatic carboxylic acids is 1. The lowest BCUT2D eigenvalue weighted by molar-refractivity contribution is 0.0687. The predicted molar refractivity (Wildman–Crippen MR) is 64.4 cm³/mol. The maximum atomic E-state index is 11.0. The van der Waals surface area contributed by atoms with Gasteiger partial charge >= 0.3 is 5.97 Å². The molecule has 90 valence electrons. The zero-order valence-corrected chi connectivity index (χ0v) is 9.61. The molecule has 0 radical (unpaired) electrons. The van der Waals surface area contributed by atoms with Gasteiger partial charge in [0, 0.05) is 25.6 Å². The molecule has 6 heteroatoms. The lowest BCUT2D eigenvalue weighted by Gasteiger charge is -1.95. The van der Waals surface area contributed by atoms with Crippen LogP contribution in [0.3, 0.4) is 0 Å². The van der Waals surface area contributed by atoms with Gasteiger partial charge in [0.1, 0.15) is 11.4 Å². The number of fused-ring (bicyclic) bond motifs is 1. The number of imidazole rings is 2. The van der Waals surface area contributed by atoms with Gasteiger partial charge in [-0.3, -0.25) is 9.38 Å². The summed E-state index contributed by atoms with van der Waals surface area (Å²) in [6.45, 7) is 0. The van der Waals surface area contributed by atoms with E-state index in [0.29, 0.717) is 5.78 Å². The van der Waals surface area contributed by atoms with Crippen LogP contribution in [0.2, 0.25) is 0 Å². The molecule has 0 amide bonds. The molecule has 0 atom stereocenters. The average molecular weight is 242 g/mol. The highest BCUT2D eigenvalue weighted by molar-refractivity contribution is 5.86. The maximum absolute atomic E-state index is 11.0. The number of carboxylic acid groups (broad SMARTS) is 1. The summed E-state index contributed by atoms with van der Waals surface area (Å²) < 4.78 is 3.22. The molecule has 0 aromatic carbocycles. The third-order valence-corrected chi connectivity index (χ3v) is 2.78. The van der Waals surface area contributed by atoms with Crippen LogP contribution in [0.1, 0.15) is 10.5 Å². The van der Waals surface area contributed by atoms with Crippen molar-refractivity contribution in [2.75, 3.05) is 0 Å². The van der Waals surface area contributed by atoms with E-state index in [0.717, 1.165) is 11.4 Å². The third kappa shape index (κ3) is 1.46. The van der Waals surface area contributed by atoms with Crippen LogP contribution in [0.25, 0.3) is 17.2 Å². The van der Waals surface area contributed by atoms with Crippen LogP contribution in [0.15, 0.2) is 36.8 Å². The summed E-state index contributed by atoms with van der Waals surface area (Å²) in [4.78, 5) is 19.6. The first-order chi connectivity index (χ1) is 8.66. The summed E-state index contributed by atoms with van der Waals surface area (Å²) in [5.41, 5.74) is 1.68. The summed E-state index contributed by atoms with van der Waals surface area (Å²) in [6.07, 6.45) is 5.00. The minimum atomic E-state index is -0.970. The second-order valence-corrected chi connectivity index (χ2v) is 3.93. The Morgan fingerprint density at radius 2 is 2.11 bits per heavy atom. The van der Waals surface area contributed by atoms with Crippen molar-refractivity contribution in [3.63, 3.8) is 0 Å². The van der Waals surface area contributed by atoms with Crippen molar-refractivity contribution in [1.29, 1.82) is 0 Å². The first-order valence-electron chi connectivity index (χ1n) is 5.36. The van der Waals surface area contributed by atoms with Crippen molar-refractivity contribution in [3.05, 3.63) is 42.5 Å². The number of pyridine rings is 1. The van der Waals surface area contributed by atoms with E-state index in [4.69, 9.17) is 5.11 Å². The van der Waals surface area contributed by atoms with Gasteiger partial charge in [-0.2, -0.15) is 0 Å². The summed E-state index contributed by atoms with van der Waals surface area (Å²) in [7, 11) is 1.67. The van der Waals surface area contributed by atoms with Gasteiger partial charge in [-0.15, -0.1) is 0 Å². The highest BCUT2D eigenvalue weighted by Gasteiger charge is 2.15. The van der Waals surface area contributed by atoms with E-state index in [2.05, 4.69) is 9.97 Å². The topological polar surface area (TPSA) is 72.4 Å². The molecule has 0 unspecified atom stereocenters. The number of hydrogen-bond donors (Lipinski definition) is 1. The van der Waals surface area contributed by atoms with E-state index in [1.807, 2.05) is 18.2 Å². The Bertz CT molecular complexity index is 727. The molecule has 0 aliphatic rings. The van der Waals surface area contributed by atoms with Crippen molar-refractivity contribution in [1.82, 2.24) is 18.9 Å². The zero-order valence-electron chi connectivity index (χ0n) is 9.61. The molecule has 3 aromatic rings. The van der Waals surface area contributed by atoms with Gasteiger partial charge in [-0.1, -0.05) is 6.07 Å². The van der Waals surface area contributed by atoms with E-state index in [-0.39, 0.29) is 5.69 Å². The van der Waals surface area contributed by atoms with Crippen LogP contribution in [0.5, 0.6) is 0 Å². The third-order valence-electron chi connectivity index (χ3n) is 2.78. The maximum Gasteiger partial charge on any atom is 0.354 e. The van der Waals surface area contributed by atoms with Crippen LogP contribution >= 0.6 is 0 Å². The molecule has 18 heavy (non-hydrogen) atoms. The van der Waals surface area contributed by atoms with Crippen LogP contribution in [0, 0.1) is 0 Å². The molecule has 3 heterocycles. The van der Waals surface area contributed by atoms with Gasteiger partial charge in [0.25, 0.3) is 0 Å². The Hall–Kier alpha value is -2.63. The monoisotopic (exact) mass is 242 g/mol. The van der Waals surface area contributed by atoms with Crippen LogP contribution < -0.4 is 0 Å². The summed E-state index contributed by atoms with van der Waals surface area (Å²) in [6, 6.07) is 5.58. The average Bonchev–Trinajstić information content (AvgIpc) is 2.91. The lowest BCUT2D eigenvalue weighted by Crippen LogP contribution is -2.04. The summed E-state index contributed by atoms with van der Waals surface area (Å²) >= 11 is 0. The summed E-state index contributed by atoms with van der Waals surface area (Å²) in [5.74, 6) is -0.393.